The lowest BCUT2D eigenvalue weighted by molar-refractivity contribution is -0.135. The van der Waals surface area contributed by atoms with Crippen molar-refractivity contribution in [2.45, 2.75) is 89.1 Å². The summed E-state index contributed by atoms with van der Waals surface area (Å²) in [6.07, 6.45) is 13.3. The molecule has 1 aromatic rings. The molecule has 5 nitrogen and oxygen atoms in total. The molecule has 6 fully saturated rings. The van der Waals surface area contributed by atoms with Crippen molar-refractivity contribution < 1.29 is 9.59 Å². The molecular weight excluding hydrogens is 422 g/mol. The van der Waals surface area contributed by atoms with Crippen LogP contribution < -0.4 is 5.73 Å². The molecule has 1 aromatic carbocycles. The van der Waals surface area contributed by atoms with Crippen molar-refractivity contribution in [1.29, 1.82) is 0 Å². The number of hydrogen-bond donors (Lipinski definition) is 1. The molecule has 4 aliphatic carbocycles. The molecule has 7 rings (SSSR count). The van der Waals surface area contributed by atoms with E-state index in [1.165, 1.54) is 56.9 Å². The molecule has 2 N–H and O–H groups in total. The Bertz CT molecular complexity index is 909. The molecule has 0 radical (unpaired) electrons. The maximum absolute atomic E-state index is 12.7. The first-order chi connectivity index (χ1) is 16.4. The van der Waals surface area contributed by atoms with Crippen LogP contribution in [0.25, 0.3) is 0 Å². The van der Waals surface area contributed by atoms with Crippen molar-refractivity contribution in [1.82, 2.24) is 9.80 Å². The number of amides is 2. The van der Waals surface area contributed by atoms with Gasteiger partial charge in [0.05, 0.1) is 0 Å². The molecule has 2 amide bonds. The number of piperidine rings is 1. The molecule has 2 heterocycles. The van der Waals surface area contributed by atoms with Gasteiger partial charge in [-0.05, 0) is 111 Å². The Hall–Kier alpha value is -1.88. The molecule has 2 saturated heterocycles. The number of rotatable bonds is 7. The number of fused-ring (bicyclic) bond motifs is 2. The molecule has 2 unspecified atom stereocenters. The third-order valence-corrected chi connectivity index (χ3v) is 10.3. The van der Waals surface area contributed by atoms with Gasteiger partial charge in [0.1, 0.15) is 0 Å². The summed E-state index contributed by atoms with van der Waals surface area (Å²) in [7, 11) is 0. The lowest BCUT2D eigenvalue weighted by Gasteiger charge is -2.58. The van der Waals surface area contributed by atoms with E-state index in [0.29, 0.717) is 29.0 Å². The standard InChI is InChI=1S/C29H41N3O2/c1-19(33)31(18-29-15-20-9-21(16-29)11-22(10-20)17-29)7-8-32-26-5-6-27(32)14-25(13-26)23-3-2-4-24(12-23)28(30)34/h2-4,12,20-22,25-27H,5-11,13-18H2,1H3,(H2,30,34). The highest BCUT2D eigenvalue weighted by Crippen LogP contribution is 2.60. The summed E-state index contributed by atoms with van der Waals surface area (Å²) < 4.78 is 0. The summed E-state index contributed by atoms with van der Waals surface area (Å²) in [5.74, 6) is 3.23. The topological polar surface area (TPSA) is 66.6 Å². The number of hydrogen-bond acceptors (Lipinski definition) is 3. The summed E-state index contributed by atoms with van der Waals surface area (Å²) in [6.45, 7) is 4.67. The summed E-state index contributed by atoms with van der Waals surface area (Å²) in [4.78, 5) is 29.3. The molecule has 2 atom stereocenters. The normalized spacial score (nSPS) is 38.3. The fourth-order valence-electron chi connectivity index (χ4n) is 9.33. The van der Waals surface area contributed by atoms with Gasteiger partial charge in [0.25, 0.3) is 0 Å². The van der Waals surface area contributed by atoms with Gasteiger partial charge in [0.15, 0.2) is 0 Å². The number of nitrogens with two attached hydrogens (primary N) is 1. The Morgan fingerprint density at radius 1 is 1.00 bits per heavy atom. The number of carbonyl (C=O) groups is 2. The van der Waals surface area contributed by atoms with Crippen LogP contribution in [0.2, 0.25) is 0 Å². The lowest BCUT2D eigenvalue weighted by Crippen LogP contribution is -2.53. The van der Waals surface area contributed by atoms with Crippen LogP contribution in [0.15, 0.2) is 24.3 Å². The van der Waals surface area contributed by atoms with E-state index in [2.05, 4.69) is 15.9 Å². The molecule has 6 bridgehead atoms. The van der Waals surface area contributed by atoms with E-state index < -0.39 is 0 Å². The molecule has 2 aliphatic heterocycles. The summed E-state index contributed by atoms with van der Waals surface area (Å²) in [5, 5.41) is 0. The highest BCUT2D eigenvalue weighted by Gasteiger charge is 2.51. The van der Waals surface area contributed by atoms with Crippen molar-refractivity contribution in [3.8, 4) is 0 Å². The first kappa shape index (κ1) is 22.6. The highest BCUT2D eigenvalue weighted by molar-refractivity contribution is 5.92. The molecule has 5 heteroatoms. The molecule has 6 aliphatic rings. The SMILES string of the molecule is CC(=O)N(CCN1C2CCC1CC(c1cccc(C(N)=O)c1)C2)CC12CC3CC(CC(C3)C1)C2. The summed E-state index contributed by atoms with van der Waals surface area (Å²) in [5.41, 5.74) is 7.82. The molecule has 0 spiro atoms. The zero-order valence-corrected chi connectivity index (χ0v) is 20.8. The zero-order valence-electron chi connectivity index (χ0n) is 20.8. The monoisotopic (exact) mass is 463 g/mol. The maximum atomic E-state index is 12.7. The van der Waals surface area contributed by atoms with E-state index in [4.69, 9.17) is 5.73 Å². The van der Waals surface area contributed by atoms with Gasteiger partial charge in [0, 0.05) is 44.2 Å². The van der Waals surface area contributed by atoms with Gasteiger partial charge >= 0.3 is 0 Å². The predicted molar refractivity (Wildman–Crippen MR) is 133 cm³/mol. The molecule has 0 aromatic heterocycles. The van der Waals surface area contributed by atoms with Crippen molar-refractivity contribution in [2.75, 3.05) is 19.6 Å². The smallest absolute Gasteiger partial charge is 0.248 e. The zero-order chi connectivity index (χ0) is 23.4. The second kappa shape index (κ2) is 8.65. The third kappa shape index (κ3) is 4.19. The Balaban J connectivity index is 1.09. The minimum atomic E-state index is -0.342. The fourth-order valence-corrected chi connectivity index (χ4v) is 9.33. The molecule has 34 heavy (non-hydrogen) atoms. The largest absolute Gasteiger partial charge is 0.366 e. The number of carbonyl (C=O) groups excluding carboxylic acids is 2. The minimum Gasteiger partial charge on any atom is -0.366 e. The van der Waals surface area contributed by atoms with E-state index >= 15 is 0 Å². The van der Waals surface area contributed by atoms with Gasteiger partial charge in [-0.15, -0.1) is 0 Å². The Morgan fingerprint density at radius 2 is 1.62 bits per heavy atom. The molecular formula is C29H41N3O2. The quantitative estimate of drug-likeness (QED) is 0.645. The Morgan fingerprint density at radius 3 is 2.18 bits per heavy atom. The first-order valence-corrected chi connectivity index (χ1v) is 13.8. The van der Waals surface area contributed by atoms with Gasteiger partial charge in [-0.2, -0.15) is 0 Å². The predicted octanol–water partition coefficient (Wildman–Crippen LogP) is 4.56. The van der Waals surface area contributed by atoms with Crippen molar-refractivity contribution >= 4 is 11.8 Å². The van der Waals surface area contributed by atoms with E-state index in [9.17, 15) is 9.59 Å². The van der Waals surface area contributed by atoms with Gasteiger partial charge in [-0.25, -0.2) is 0 Å². The van der Waals surface area contributed by atoms with Crippen LogP contribution in [0, 0.1) is 23.2 Å². The second-order valence-corrected chi connectivity index (χ2v) is 12.6. The van der Waals surface area contributed by atoms with Crippen LogP contribution in [0.4, 0.5) is 0 Å². The summed E-state index contributed by atoms with van der Waals surface area (Å²) in [6, 6.07) is 9.14. The second-order valence-electron chi connectivity index (χ2n) is 12.6. The first-order valence-electron chi connectivity index (χ1n) is 13.8. The van der Waals surface area contributed by atoms with E-state index in [0.717, 1.165) is 50.2 Å². The number of primary amides is 1. The van der Waals surface area contributed by atoms with Crippen LogP contribution in [-0.4, -0.2) is 53.3 Å². The van der Waals surface area contributed by atoms with E-state index in [1.54, 1.807) is 6.92 Å². The van der Waals surface area contributed by atoms with Crippen LogP contribution in [0.3, 0.4) is 0 Å². The van der Waals surface area contributed by atoms with Crippen molar-refractivity contribution in [3.05, 3.63) is 35.4 Å². The minimum absolute atomic E-state index is 0.265. The van der Waals surface area contributed by atoms with Crippen molar-refractivity contribution in [2.24, 2.45) is 28.9 Å². The van der Waals surface area contributed by atoms with Gasteiger partial charge in [0.2, 0.25) is 11.8 Å². The van der Waals surface area contributed by atoms with Crippen molar-refractivity contribution in [3.63, 3.8) is 0 Å². The van der Waals surface area contributed by atoms with Crippen LogP contribution >= 0.6 is 0 Å². The highest BCUT2D eigenvalue weighted by atomic mass is 16.2. The van der Waals surface area contributed by atoms with Gasteiger partial charge in [-0.3, -0.25) is 14.5 Å². The fraction of sp³-hybridized carbons (Fsp3) is 0.724. The van der Waals surface area contributed by atoms with Crippen LogP contribution in [0.5, 0.6) is 0 Å². The van der Waals surface area contributed by atoms with Crippen LogP contribution in [0.1, 0.15) is 93.0 Å². The summed E-state index contributed by atoms with van der Waals surface area (Å²) >= 11 is 0. The third-order valence-electron chi connectivity index (χ3n) is 10.3. The number of nitrogens with zero attached hydrogens (tertiary/aromatic N) is 2. The Labute approximate surface area is 204 Å². The van der Waals surface area contributed by atoms with Gasteiger partial charge in [-0.1, -0.05) is 12.1 Å². The average molecular weight is 464 g/mol. The average Bonchev–Trinajstić information content (AvgIpc) is 3.02. The maximum Gasteiger partial charge on any atom is 0.248 e. The van der Waals surface area contributed by atoms with Gasteiger partial charge < -0.3 is 10.6 Å². The Kier molecular flexibility index (Phi) is 5.75. The molecule has 184 valence electrons. The van der Waals surface area contributed by atoms with Crippen LogP contribution in [-0.2, 0) is 4.79 Å². The van der Waals surface area contributed by atoms with E-state index in [1.807, 2.05) is 18.2 Å². The number of benzene rings is 1. The molecule has 4 saturated carbocycles. The lowest BCUT2D eigenvalue weighted by atomic mass is 9.49. The van der Waals surface area contributed by atoms with E-state index in [-0.39, 0.29) is 11.8 Å².